The Morgan fingerprint density at radius 3 is 2.54 bits per heavy atom. The molecule has 0 aliphatic rings. The summed E-state index contributed by atoms with van der Waals surface area (Å²) in [4.78, 5) is 13.3. The zero-order valence-corrected chi connectivity index (χ0v) is 17.9. The summed E-state index contributed by atoms with van der Waals surface area (Å²) in [5, 5.41) is 13.3. The number of nitrogens with one attached hydrogen (secondary N) is 1. The molecule has 0 aliphatic heterocycles. The predicted molar refractivity (Wildman–Crippen MR) is 115 cm³/mol. The van der Waals surface area contributed by atoms with E-state index in [4.69, 9.17) is 16.0 Å². The molecular weight excluding hydrogens is 460 g/mol. The summed E-state index contributed by atoms with van der Waals surface area (Å²) in [7, 11) is 0. The highest BCUT2D eigenvalue weighted by Crippen LogP contribution is 2.36. The maximum Gasteiger partial charge on any atom is 0.266 e. The van der Waals surface area contributed by atoms with E-state index in [9.17, 15) is 10.1 Å². The Kier molecular flexibility index (Phi) is 6.63. The molecule has 140 valence electrons. The molecule has 4 nitrogen and oxygen atoms in total. The molecule has 0 atom stereocenters. The monoisotopic (exact) mass is 472 g/mol. The molecule has 0 radical (unpaired) electrons. The van der Waals surface area contributed by atoms with E-state index in [0.717, 1.165) is 14.9 Å². The van der Waals surface area contributed by atoms with Gasteiger partial charge in [-0.1, -0.05) is 41.1 Å². The summed E-state index contributed by atoms with van der Waals surface area (Å²) in [6.45, 7) is 1.96. The Labute approximate surface area is 180 Å². The molecular formula is C21H14BrClN2O2S. The first kappa shape index (κ1) is 20.3. The lowest BCUT2D eigenvalue weighted by molar-refractivity contribution is -0.112. The van der Waals surface area contributed by atoms with Gasteiger partial charge >= 0.3 is 0 Å². The highest BCUT2D eigenvalue weighted by molar-refractivity contribution is 9.10. The molecule has 0 fully saturated rings. The Morgan fingerprint density at radius 1 is 1.21 bits per heavy atom. The summed E-state index contributed by atoms with van der Waals surface area (Å²) in [6, 6.07) is 18.3. The van der Waals surface area contributed by atoms with E-state index in [1.807, 2.05) is 37.3 Å². The van der Waals surface area contributed by atoms with Gasteiger partial charge in [0.15, 0.2) is 5.09 Å². The lowest BCUT2D eigenvalue weighted by atomic mass is 10.2. The lowest BCUT2D eigenvalue weighted by Gasteiger charge is -2.04. The molecule has 0 spiro atoms. The predicted octanol–water partition coefficient (Wildman–Crippen LogP) is 6.70. The SMILES string of the molecule is Cc1ccc(NC(=O)/C(C#N)=C/c2cc(Br)c(Sc3ccc(Cl)cc3)o2)cc1. The molecule has 1 aromatic heterocycles. The van der Waals surface area contributed by atoms with Crippen molar-refractivity contribution in [3.05, 3.63) is 81.0 Å². The third-order valence-electron chi connectivity index (χ3n) is 3.66. The molecule has 0 aliphatic carbocycles. The van der Waals surface area contributed by atoms with E-state index < -0.39 is 5.91 Å². The maximum atomic E-state index is 12.4. The number of furan rings is 1. The smallest absolute Gasteiger partial charge is 0.266 e. The number of aryl methyl sites for hydroxylation is 1. The topological polar surface area (TPSA) is 66.0 Å². The third-order valence-corrected chi connectivity index (χ3v) is 5.76. The fourth-order valence-corrected chi connectivity index (χ4v) is 3.70. The summed E-state index contributed by atoms with van der Waals surface area (Å²) in [6.07, 6.45) is 1.42. The van der Waals surface area contributed by atoms with Gasteiger partial charge in [0.25, 0.3) is 5.91 Å². The minimum absolute atomic E-state index is 0.0510. The van der Waals surface area contributed by atoms with Crippen molar-refractivity contribution in [2.24, 2.45) is 0 Å². The standard InChI is InChI=1S/C21H14BrClN2O2S/c1-13-2-6-16(7-3-13)25-20(26)14(12-24)10-17-11-19(22)21(27-17)28-18-8-4-15(23)5-9-18/h2-11H,1H3,(H,25,26)/b14-10+. The van der Waals surface area contributed by atoms with Crippen LogP contribution in [0.3, 0.4) is 0 Å². The molecule has 0 saturated heterocycles. The van der Waals surface area contributed by atoms with Crippen molar-refractivity contribution in [3.8, 4) is 6.07 Å². The van der Waals surface area contributed by atoms with Crippen LogP contribution in [0.25, 0.3) is 6.08 Å². The van der Waals surface area contributed by atoms with Crippen LogP contribution >= 0.6 is 39.3 Å². The van der Waals surface area contributed by atoms with Crippen molar-refractivity contribution in [1.82, 2.24) is 0 Å². The van der Waals surface area contributed by atoms with Crippen molar-refractivity contribution in [3.63, 3.8) is 0 Å². The first-order valence-corrected chi connectivity index (χ1v) is 10.2. The molecule has 1 heterocycles. The van der Waals surface area contributed by atoms with E-state index in [0.29, 0.717) is 21.6 Å². The number of benzene rings is 2. The second-order valence-corrected chi connectivity index (χ2v) is 8.17. The van der Waals surface area contributed by atoms with Crippen molar-refractivity contribution in [2.45, 2.75) is 16.9 Å². The van der Waals surface area contributed by atoms with Gasteiger partial charge in [-0.05, 0) is 65.3 Å². The van der Waals surface area contributed by atoms with Gasteiger partial charge in [-0.25, -0.2) is 0 Å². The summed E-state index contributed by atoms with van der Waals surface area (Å²) in [5.74, 6) is -0.0928. The average Bonchev–Trinajstić information content (AvgIpc) is 3.02. The van der Waals surface area contributed by atoms with Crippen LogP contribution in [-0.4, -0.2) is 5.91 Å². The first-order chi connectivity index (χ1) is 13.4. The second kappa shape index (κ2) is 9.16. The van der Waals surface area contributed by atoms with E-state index >= 15 is 0 Å². The van der Waals surface area contributed by atoms with Gasteiger partial charge in [0.2, 0.25) is 0 Å². The Balaban J connectivity index is 1.77. The van der Waals surface area contributed by atoms with Crippen molar-refractivity contribution in [1.29, 1.82) is 5.26 Å². The van der Waals surface area contributed by atoms with Crippen LogP contribution in [0.2, 0.25) is 5.02 Å². The number of anilines is 1. The number of hydrogen-bond donors (Lipinski definition) is 1. The van der Waals surface area contributed by atoms with E-state index in [2.05, 4.69) is 21.2 Å². The van der Waals surface area contributed by atoms with Crippen LogP contribution in [0.1, 0.15) is 11.3 Å². The van der Waals surface area contributed by atoms with Gasteiger partial charge in [-0.3, -0.25) is 4.79 Å². The number of hydrogen-bond acceptors (Lipinski definition) is 4. The molecule has 3 rings (SSSR count). The molecule has 1 amide bonds. The number of carbonyl (C=O) groups is 1. The van der Waals surface area contributed by atoms with Crippen LogP contribution < -0.4 is 5.32 Å². The first-order valence-electron chi connectivity index (χ1n) is 8.17. The zero-order valence-electron chi connectivity index (χ0n) is 14.7. The van der Waals surface area contributed by atoms with Gasteiger partial charge in [0.1, 0.15) is 17.4 Å². The molecule has 0 bridgehead atoms. The molecule has 1 N–H and O–H groups in total. The third kappa shape index (κ3) is 5.29. The van der Waals surface area contributed by atoms with Crippen LogP contribution in [0.5, 0.6) is 0 Å². The minimum Gasteiger partial charge on any atom is -0.449 e. The highest BCUT2D eigenvalue weighted by atomic mass is 79.9. The van der Waals surface area contributed by atoms with Crippen molar-refractivity contribution in [2.75, 3.05) is 5.32 Å². The van der Waals surface area contributed by atoms with Crippen LogP contribution in [-0.2, 0) is 4.79 Å². The van der Waals surface area contributed by atoms with Crippen molar-refractivity contribution >= 4 is 57.0 Å². The molecule has 28 heavy (non-hydrogen) atoms. The summed E-state index contributed by atoms with van der Waals surface area (Å²) < 4.78 is 6.50. The number of nitriles is 1. The largest absolute Gasteiger partial charge is 0.449 e. The number of rotatable bonds is 5. The molecule has 0 saturated carbocycles. The molecule has 0 unspecified atom stereocenters. The number of amides is 1. The fourth-order valence-electron chi connectivity index (χ4n) is 2.25. The quantitative estimate of drug-likeness (QED) is 0.331. The molecule has 3 aromatic rings. The lowest BCUT2D eigenvalue weighted by Crippen LogP contribution is -2.13. The van der Waals surface area contributed by atoms with E-state index in [-0.39, 0.29) is 5.57 Å². The molecule has 2 aromatic carbocycles. The van der Waals surface area contributed by atoms with Crippen LogP contribution in [0, 0.1) is 18.3 Å². The van der Waals surface area contributed by atoms with Crippen LogP contribution in [0.15, 0.2) is 79.0 Å². The number of carbonyl (C=O) groups excluding carboxylic acids is 1. The average molecular weight is 474 g/mol. The normalized spacial score (nSPS) is 11.1. The highest BCUT2D eigenvalue weighted by Gasteiger charge is 2.14. The number of nitrogens with zero attached hydrogens (tertiary/aromatic N) is 1. The van der Waals surface area contributed by atoms with Gasteiger partial charge in [-0.15, -0.1) is 0 Å². The van der Waals surface area contributed by atoms with Gasteiger partial charge in [-0.2, -0.15) is 5.26 Å². The van der Waals surface area contributed by atoms with E-state index in [1.54, 1.807) is 30.3 Å². The number of halogens is 2. The molecule has 7 heteroatoms. The summed E-state index contributed by atoms with van der Waals surface area (Å²) >= 11 is 10.8. The Bertz CT molecular complexity index is 1070. The fraction of sp³-hybridized carbons (Fsp3) is 0.0476. The van der Waals surface area contributed by atoms with Crippen LogP contribution in [0.4, 0.5) is 5.69 Å². The van der Waals surface area contributed by atoms with Gasteiger partial charge < -0.3 is 9.73 Å². The van der Waals surface area contributed by atoms with Gasteiger partial charge in [0.05, 0.1) is 4.47 Å². The summed E-state index contributed by atoms with van der Waals surface area (Å²) in [5.41, 5.74) is 1.65. The minimum atomic E-state index is -0.495. The maximum absolute atomic E-state index is 12.4. The Hall–Kier alpha value is -2.46. The van der Waals surface area contributed by atoms with Gasteiger partial charge in [0, 0.05) is 21.7 Å². The second-order valence-electron chi connectivity index (χ2n) is 5.83. The zero-order chi connectivity index (χ0) is 20.1. The van der Waals surface area contributed by atoms with E-state index in [1.165, 1.54) is 17.8 Å². The van der Waals surface area contributed by atoms with Crippen molar-refractivity contribution < 1.29 is 9.21 Å². The Morgan fingerprint density at radius 2 is 1.89 bits per heavy atom.